The fourth-order valence-electron chi connectivity index (χ4n) is 4.68. The Labute approximate surface area is 182 Å². The van der Waals surface area contributed by atoms with Crippen molar-refractivity contribution in [1.29, 1.82) is 0 Å². The van der Waals surface area contributed by atoms with E-state index in [0.29, 0.717) is 0 Å². The molecule has 2 aliphatic rings. The van der Waals surface area contributed by atoms with Crippen LogP contribution in [0.3, 0.4) is 0 Å². The van der Waals surface area contributed by atoms with E-state index in [1.807, 2.05) is 0 Å². The summed E-state index contributed by atoms with van der Waals surface area (Å²) < 4.78 is 1.08. The molecule has 2 atom stereocenters. The Hall–Kier alpha value is -2.64. The van der Waals surface area contributed by atoms with Gasteiger partial charge >= 0.3 is 0 Å². The van der Waals surface area contributed by atoms with Crippen LogP contribution < -0.4 is 0 Å². The molecule has 2 aromatic rings. The Morgan fingerprint density at radius 1 is 0.931 bits per heavy atom. The van der Waals surface area contributed by atoms with E-state index in [2.05, 4.69) is 133 Å². The molecule has 2 aliphatic carbocycles. The summed E-state index contributed by atoms with van der Waals surface area (Å²) in [5.74, 6) is 0.224. The lowest BCUT2D eigenvalue weighted by atomic mass is 9.59. The maximum atomic E-state index is 4.40. The minimum Gasteiger partial charge on any atom is -0.0911 e. The third-order valence-corrected chi connectivity index (χ3v) is 6.49. The lowest BCUT2D eigenvalue weighted by molar-refractivity contribution is 0.464. The maximum absolute atomic E-state index is 4.40. The summed E-state index contributed by atoms with van der Waals surface area (Å²) in [5, 5.41) is 0. The Morgan fingerprint density at radius 2 is 1.69 bits per heavy atom. The molecule has 1 heteroatoms. The van der Waals surface area contributed by atoms with Gasteiger partial charge in [0.1, 0.15) is 0 Å². The van der Waals surface area contributed by atoms with E-state index in [1.165, 1.54) is 22.3 Å². The first-order valence-electron chi connectivity index (χ1n) is 10.1. The molecule has 0 amide bonds. The molecule has 0 N–H and O–H groups in total. The molecular weight excluding hydrogens is 416 g/mol. The lowest BCUT2D eigenvalue weighted by Gasteiger charge is -2.43. The van der Waals surface area contributed by atoms with Crippen molar-refractivity contribution in [1.82, 2.24) is 0 Å². The molecule has 0 saturated heterocycles. The second-order valence-corrected chi connectivity index (χ2v) is 8.54. The molecule has 2 aromatic carbocycles. The van der Waals surface area contributed by atoms with Crippen molar-refractivity contribution in [2.75, 3.05) is 0 Å². The summed E-state index contributed by atoms with van der Waals surface area (Å²) in [6.45, 7) is 6.72. The van der Waals surface area contributed by atoms with E-state index < -0.39 is 0 Å². The normalized spacial score (nSPS) is 26.8. The average molecular weight is 441 g/mol. The molecule has 0 saturated carbocycles. The number of rotatable bonds is 2. The molecule has 29 heavy (non-hydrogen) atoms. The van der Waals surface area contributed by atoms with Gasteiger partial charge in [-0.25, -0.2) is 0 Å². The molecular formula is C28H25Br. The zero-order valence-corrected chi connectivity index (χ0v) is 18.3. The molecule has 0 heterocycles. The van der Waals surface area contributed by atoms with Crippen molar-refractivity contribution in [3.63, 3.8) is 0 Å². The summed E-state index contributed by atoms with van der Waals surface area (Å²) in [6, 6.07) is 19.7. The zero-order valence-electron chi connectivity index (χ0n) is 16.7. The molecule has 2 unspecified atom stereocenters. The van der Waals surface area contributed by atoms with Crippen LogP contribution in [0.2, 0.25) is 0 Å². The molecule has 0 radical (unpaired) electrons. The minimum absolute atomic E-state index is 0.224. The predicted octanol–water partition coefficient (Wildman–Crippen LogP) is 7.91. The van der Waals surface area contributed by atoms with E-state index in [0.717, 1.165) is 16.5 Å². The van der Waals surface area contributed by atoms with Crippen molar-refractivity contribution in [3.8, 4) is 0 Å². The topological polar surface area (TPSA) is 0 Å². The third-order valence-electron chi connectivity index (χ3n) is 5.96. The van der Waals surface area contributed by atoms with Gasteiger partial charge in [0, 0.05) is 9.90 Å². The molecule has 0 aromatic heterocycles. The van der Waals surface area contributed by atoms with E-state index in [9.17, 15) is 0 Å². The van der Waals surface area contributed by atoms with Crippen LogP contribution in [-0.4, -0.2) is 0 Å². The van der Waals surface area contributed by atoms with Gasteiger partial charge in [-0.15, -0.1) is 0 Å². The molecule has 4 rings (SSSR count). The van der Waals surface area contributed by atoms with Crippen LogP contribution >= 0.6 is 15.9 Å². The summed E-state index contributed by atoms with van der Waals surface area (Å²) in [4.78, 5) is 0. The molecule has 0 aliphatic heterocycles. The van der Waals surface area contributed by atoms with Crippen LogP contribution in [-0.2, 0) is 5.41 Å². The SMILES string of the molecule is C=C1/C=C\C(Br)=C/C(C)C(C2=CC=CC=CC2)(c2ccccc2)c2ccccc21. The second-order valence-electron chi connectivity index (χ2n) is 7.63. The predicted molar refractivity (Wildman–Crippen MR) is 129 cm³/mol. The highest BCUT2D eigenvalue weighted by atomic mass is 79.9. The number of allylic oxidation sites excluding steroid dienone is 11. The Kier molecular flexibility index (Phi) is 5.69. The highest BCUT2D eigenvalue weighted by molar-refractivity contribution is 9.11. The van der Waals surface area contributed by atoms with E-state index >= 15 is 0 Å². The van der Waals surface area contributed by atoms with Crippen LogP contribution in [0.25, 0.3) is 5.57 Å². The van der Waals surface area contributed by atoms with Gasteiger partial charge in [0.25, 0.3) is 0 Å². The zero-order chi connectivity index (χ0) is 20.3. The van der Waals surface area contributed by atoms with Crippen LogP contribution in [0.5, 0.6) is 0 Å². The van der Waals surface area contributed by atoms with Gasteiger partial charge < -0.3 is 0 Å². The average Bonchev–Trinajstić information content (AvgIpc) is 3.02. The van der Waals surface area contributed by atoms with Crippen LogP contribution in [0.4, 0.5) is 0 Å². The van der Waals surface area contributed by atoms with Gasteiger partial charge in [-0.05, 0) is 40.7 Å². The van der Waals surface area contributed by atoms with Gasteiger partial charge in [-0.3, -0.25) is 0 Å². The van der Waals surface area contributed by atoms with Gasteiger partial charge in [0.05, 0.1) is 0 Å². The number of halogens is 1. The Morgan fingerprint density at radius 3 is 2.52 bits per heavy atom. The molecule has 144 valence electrons. The lowest BCUT2D eigenvalue weighted by Crippen LogP contribution is -2.37. The van der Waals surface area contributed by atoms with Crippen molar-refractivity contribution < 1.29 is 0 Å². The largest absolute Gasteiger partial charge is 0.0911 e. The summed E-state index contributed by atoms with van der Waals surface area (Å²) in [7, 11) is 0. The molecule has 0 fully saturated rings. The third kappa shape index (κ3) is 3.56. The van der Waals surface area contributed by atoms with Crippen molar-refractivity contribution in [2.24, 2.45) is 5.92 Å². The fraction of sp³-hybridized carbons (Fsp3) is 0.143. The summed E-state index contributed by atoms with van der Waals surface area (Å²) >= 11 is 3.77. The van der Waals surface area contributed by atoms with E-state index in [4.69, 9.17) is 0 Å². The van der Waals surface area contributed by atoms with Crippen LogP contribution in [0.1, 0.15) is 30.0 Å². The monoisotopic (exact) mass is 440 g/mol. The van der Waals surface area contributed by atoms with Gasteiger partial charge in [-0.2, -0.15) is 0 Å². The molecule has 0 spiro atoms. The maximum Gasteiger partial charge on any atom is 0.0483 e. The highest BCUT2D eigenvalue weighted by Gasteiger charge is 2.43. The van der Waals surface area contributed by atoms with Gasteiger partial charge in [0.15, 0.2) is 0 Å². The second kappa shape index (κ2) is 8.39. The smallest absolute Gasteiger partial charge is 0.0483 e. The van der Waals surface area contributed by atoms with Gasteiger partial charge in [-0.1, -0.05) is 132 Å². The fourth-order valence-corrected chi connectivity index (χ4v) is 5.21. The number of fused-ring (bicyclic) bond motifs is 1. The first kappa shape index (κ1) is 19.7. The van der Waals surface area contributed by atoms with Crippen LogP contribution in [0.15, 0.2) is 120 Å². The van der Waals surface area contributed by atoms with Crippen molar-refractivity contribution in [2.45, 2.75) is 18.8 Å². The first-order valence-corrected chi connectivity index (χ1v) is 10.9. The molecule has 0 nitrogen and oxygen atoms in total. The quantitative estimate of drug-likeness (QED) is 0.444. The minimum atomic E-state index is -0.301. The number of benzene rings is 2. The summed E-state index contributed by atoms with van der Waals surface area (Å²) in [5.41, 5.74) is 5.93. The Bertz CT molecular complexity index is 1060. The molecule has 0 bridgehead atoms. The highest BCUT2D eigenvalue weighted by Crippen LogP contribution is 2.50. The van der Waals surface area contributed by atoms with Gasteiger partial charge in [0.2, 0.25) is 0 Å². The van der Waals surface area contributed by atoms with Crippen molar-refractivity contribution in [3.05, 3.63) is 137 Å². The first-order chi connectivity index (χ1) is 14.1. The van der Waals surface area contributed by atoms with Crippen LogP contribution in [0, 0.1) is 5.92 Å². The summed E-state index contributed by atoms with van der Waals surface area (Å²) in [6.07, 6.45) is 18.4. The number of hydrogen-bond donors (Lipinski definition) is 0. The van der Waals surface area contributed by atoms with Crippen molar-refractivity contribution >= 4 is 21.5 Å². The number of hydrogen-bond acceptors (Lipinski definition) is 0. The standard InChI is InChI=1S/C28H25Br/c1-21-18-19-25(29)20-22(2)28(24-14-8-5-9-15-24,23-12-6-3-4-7-13-23)27-17-11-10-16-26(21)27/h3-12,14-20,22H,1,13H2,2H3/b19-18-,25-20+. The van der Waals surface area contributed by atoms with E-state index in [-0.39, 0.29) is 11.3 Å². The Balaban J connectivity index is 2.14. The van der Waals surface area contributed by atoms with E-state index in [1.54, 1.807) is 0 Å².